The summed E-state index contributed by atoms with van der Waals surface area (Å²) in [5.74, 6) is -1.46. The molecule has 0 aromatic carbocycles. The SMILES string of the molecule is CC(C)(C)CC(N)CC(=O)NC1C=CC(C(=O)O)C1. The van der Waals surface area contributed by atoms with Crippen LogP contribution in [0.1, 0.15) is 40.0 Å². The summed E-state index contributed by atoms with van der Waals surface area (Å²) in [7, 11) is 0. The fourth-order valence-electron chi connectivity index (χ4n) is 2.35. The Balaban J connectivity index is 2.33. The monoisotopic (exact) mass is 268 g/mol. The molecule has 1 aliphatic rings. The number of carbonyl (C=O) groups is 2. The molecule has 0 heterocycles. The van der Waals surface area contributed by atoms with Crippen molar-refractivity contribution in [3.8, 4) is 0 Å². The van der Waals surface area contributed by atoms with Gasteiger partial charge in [0.05, 0.1) is 5.92 Å². The van der Waals surface area contributed by atoms with Crippen molar-refractivity contribution in [2.24, 2.45) is 17.1 Å². The van der Waals surface area contributed by atoms with Crippen LogP contribution < -0.4 is 11.1 Å². The van der Waals surface area contributed by atoms with Crippen molar-refractivity contribution in [1.29, 1.82) is 0 Å². The smallest absolute Gasteiger partial charge is 0.310 e. The Bertz CT molecular complexity index is 371. The predicted octanol–water partition coefficient (Wildman–Crippen LogP) is 1.29. The largest absolute Gasteiger partial charge is 0.481 e. The van der Waals surface area contributed by atoms with E-state index in [0.29, 0.717) is 6.42 Å². The van der Waals surface area contributed by atoms with Crippen molar-refractivity contribution in [2.75, 3.05) is 0 Å². The quantitative estimate of drug-likeness (QED) is 0.655. The lowest BCUT2D eigenvalue weighted by molar-refractivity contribution is -0.140. The second-order valence-corrected chi connectivity index (χ2v) is 6.47. The maximum Gasteiger partial charge on any atom is 0.310 e. The van der Waals surface area contributed by atoms with Crippen LogP contribution >= 0.6 is 0 Å². The van der Waals surface area contributed by atoms with E-state index in [4.69, 9.17) is 10.8 Å². The van der Waals surface area contributed by atoms with E-state index in [1.165, 1.54) is 0 Å². The minimum absolute atomic E-state index is 0.0986. The highest BCUT2D eigenvalue weighted by atomic mass is 16.4. The number of hydrogen-bond donors (Lipinski definition) is 3. The van der Waals surface area contributed by atoms with Crippen molar-refractivity contribution < 1.29 is 14.7 Å². The molecule has 3 unspecified atom stereocenters. The third-order valence-electron chi connectivity index (χ3n) is 3.07. The number of nitrogens with two attached hydrogens (primary N) is 1. The summed E-state index contributed by atoms with van der Waals surface area (Å²) in [5, 5.41) is 11.7. The molecule has 5 heteroatoms. The Morgan fingerprint density at radius 3 is 2.53 bits per heavy atom. The van der Waals surface area contributed by atoms with Gasteiger partial charge in [-0.05, 0) is 18.3 Å². The molecule has 108 valence electrons. The van der Waals surface area contributed by atoms with Crippen LogP contribution in [0, 0.1) is 11.3 Å². The van der Waals surface area contributed by atoms with E-state index in [9.17, 15) is 9.59 Å². The van der Waals surface area contributed by atoms with E-state index in [1.807, 2.05) is 0 Å². The van der Waals surface area contributed by atoms with Gasteiger partial charge in [-0.3, -0.25) is 9.59 Å². The van der Waals surface area contributed by atoms with Gasteiger partial charge in [0, 0.05) is 18.5 Å². The molecule has 0 aromatic heterocycles. The zero-order chi connectivity index (χ0) is 14.6. The number of aliphatic carboxylic acids is 1. The maximum atomic E-state index is 11.8. The summed E-state index contributed by atoms with van der Waals surface area (Å²) < 4.78 is 0. The van der Waals surface area contributed by atoms with Gasteiger partial charge in [0.25, 0.3) is 0 Å². The first-order chi connectivity index (χ1) is 8.67. The highest BCUT2D eigenvalue weighted by Gasteiger charge is 2.26. The predicted molar refractivity (Wildman–Crippen MR) is 73.5 cm³/mol. The Hall–Kier alpha value is -1.36. The fourth-order valence-corrected chi connectivity index (χ4v) is 2.35. The molecule has 1 amide bonds. The highest BCUT2D eigenvalue weighted by molar-refractivity contribution is 5.78. The molecule has 0 radical (unpaired) electrons. The average molecular weight is 268 g/mol. The molecule has 0 bridgehead atoms. The van der Waals surface area contributed by atoms with Gasteiger partial charge >= 0.3 is 5.97 Å². The molecule has 0 spiro atoms. The first kappa shape index (κ1) is 15.7. The van der Waals surface area contributed by atoms with Gasteiger partial charge in [0.2, 0.25) is 5.91 Å². The number of amides is 1. The number of rotatable bonds is 5. The normalized spacial score (nSPS) is 24.2. The van der Waals surface area contributed by atoms with E-state index in [1.54, 1.807) is 12.2 Å². The van der Waals surface area contributed by atoms with E-state index < -0.39 is 11.9 Å². The standard InChI is InChI=1S/C14H24N2O3/c1-14(2,3)8-10(15)7-12(17)16-11-5-4-9(6-11)13(18)19/h4-5,9-11H,6-8,15H2,1-3H3,(H,16,17)(H,18,19). The Morgan fingerprint density at radius 2 is 2.05 bits per heavy atom. The minimum Gasteiger partial charge on any atom is -0.481 e. The van der Waals surface area contributed by atoms with E-state index in [0.717, 1.165) is 6.42 Å². The lowest BCUT2D eigenvalue weighted by Crippen LogP contribution is -2.38. The number of carboxylic acids is 1. The number of carboxylic acid groups (broad SMARTS) is 1. The van der Waals surface area contributed by atoms with Crippen LogP contribution in [0.2, 0.25) is 0 Å². The number of carbonyl (C=O) groups excluding carboxylic acids is 1. The second-order valence-electron chi connectivity index (χ2n) is 6.47. The van der Waals surface area contributed by atoms with Crippen molar-refractivity contribution in [1.82, 2.24) is 5.32 Å². The molecule has 0 fully saturated rings. The fraction of sp³-hybridized carbons (Fsp3) is 0.714. The van der Waals surface area contributed by atoms with Crippen molar-refractivity contribution in [3.05, 3.63) is 12.2 Å². The Morgan fingerprint density at radius 1 is 1.42 bits per heavy atom. The van der Waals surface area contributed by atoms with E-state index in [-0.39, 0.29) is 29.8 Å². The summed E-state index contributed by atoms with van der Waals surface area (Å²) in [4.78, 5) is 22.6. The van der Waals surface area contributed by atoms with Crippen LogP contribution in [0.15, 0.2) is 12.2 Å². The summed E-state index contributed by atoms with van der Waals surface area (Å²) in [6, 6.07) is -0.351. The number of hydrogen-bond acceptors (Lipinski definition) is 3. The van der Waals surface area contributed by atoms with Gasteiger partial charge in [-0.2, -0.15) is 0 Å². The summed E-state index contributed by atoms with van der Waals surface area (Å²) in [5.41, 5.74) is 6.04. The molecule has 1 rings (SSSR count). The second kappa shape index (κ2) is 6.19. The van der Waals surface area contributed by atoms with Crippen LogP contribution in [-0.2, 0) is 9.59 Å². The van der Waals surface area contributed by atoms with Crippen LogP contribution in [0.25, 0.3) is 0 Å². The van der Waals surface area contributed by atoms with Gasteiger partial charge in [0.1, 0.15) is 0 Å². The van der Waals surface area contributed by atoms with Crippen LogP contribution in [-0.4, -0.2) is 29.1 Å². The minimum atomic E-state index is -0.850. The van der Waals surface area contributed by atoms with Crippen LogP contribution in [0.4, 0.5) is 0 Å². The lowest BCUT2D eigenvalue weighted by atomic mass is 9.87. The first-order valence-electron chi connectivity index (χ1n) is 6.63. The first-order valence-corrected chi connectivity index (χ1v) is 6.63. The van der Waals surface area contributed by atoms with Gasteiger partial charge in [0.15, 0.2) is 0 Å². The Labute approximate surface area is 114 Å². The molecule has 3 atom stereocenters. The molecule has 4 N–H and O–H groups in total. The maximum absolute atomic E-state index is 11.8. The third-order valence-corrected chi connectivity index (χ3v) is 3.07. The molecule has 0 saturated heterocycles. The third kappa shape index (κ3) is 5.87. The molecule has 0 aliphatic heterocycles. The molecule has 0 aromatic rings. The zero-order valence-electron chi connectivity index (χ0n) is 11.8. The molecular formula is C14H24N2O3. The zero-order valence-corrected chi connectivity index (χ0v) is 11.8. The van der Waals surface area contributed by atoms with Crippen molar-refractivity contribution >= 4 is 11.9 Å². The Kier molecular flexibility index (Phi) is 5.11. The molecule has 5 nitrogen and oxygen atoms in total. The average Bonchev–Trinajstić information content (AvgIpc) is 2.62. The summed E-state index contributed by atoms with van der Waals surface area (Å²) in [6.45, 7) is 6.26. The van der Waals surface area contributed by atoms with E-state index in [2.05, 4.69) is 26.1 Å². The van der Waals surface area contributed by atoms with E-state index >= 15 is 0 Å². The summed E-state index contributed by atoms with van der Waals surface area (Å²) in [6.07, 6.45) is 4.85. The van der Waals surface area contributed by atoms with Gasteiger partial charge in [-0.25, -0.2) is 0 Å². The van der Waals surface area contributed by atoms with Gasteiger partial charge in [-0.15, -0.1) is 0 Å². The molecule has 19 heavy (non-hydrogen) atoms. The number of nitrogens with one attached hydrogen (secondary N) is 1. The van der Waals surface area contributed by atoms with Crippen molar-refractivity contribution in [3.63, 3.8) is 0 Å². The van der Waals surface area contributed by atoms with Crippen LogP contribution in [0.3, 0.4) is 0 Å². The molecule has 0 saturated carbocycles. The molecule has 1 aliphatic carbocycles. The summed E-state index contributed by atoms with van der Waals surface area (Å²) >= 11 is 0. The lowest BCUT2D eigenvalue weighted by Gasteiger charge is -2.23. The highest BCUT2D eigenvalue weighted by Crippen LogP contribution is 2.21. The van der Waals surface area contributed by atoms with Gasteiger partial charge in [-0.1, -0.05) is 32.9 Å². The molecular weight excluding hydrogens is 244 g/mol. The van der Waals surface area contributed by atoms with Crippen molar-refractivity contribution in [2.45, 2.75) is 52.1 Å². The topological polar surface area (TPSA) is 92.4 Å². The van der Waals surface area contributed by atoms with Gasteiger partial charge < -0.3 is 16.2 Å². The van der Waals surface area contributed by atoms with Crippen LogP contribution in [0.5, 0.6) is 0 Å².